The standard InChI is InChI=1S/C11H22N2O2/c1-8(2)6-10(11(14)15-3)13-9-4-5-12-7-9/h8-10,12-13H,4-7H2,1-3H3. The van der Waals surface area contributed by atoms with Crippen molar-refractivity contribution in [1.29, 1.82) is 0 Å². The van der Waals surface area contributed by atoms with E-state index in [0.29, 0.717) is 12.0 Å². The van der Waals surface area contributed by atoms with Crippen LogP contribution < -0.4 is 10.6 Å². The summed E-state index contributed by atoms with van der Waals surface area (Å²) in [5, 5.41) is 6.63. The van der Waals surface area contributed by atoms with Crippen molar-refractivity contribution in [2.24, 2.45) is 5.92 Å². The topological polar surface area (TPSA) is 50.4 Å². The number of hydrogen-bond donors (Lipinski definition) is 2. The number of carbonyl (C=O) groups excluding carboxylic acids is 1. The number of esters is 1. The molecule has 4 nitrogen and oxygen atoms in total. The van der Waals surface area contributed by atoms with E-state index in [9.17, 15) is 4.79 Å². The molecule has 0 amide bonds. The summed E-state index contributed by atoms with van der Waals surface area (Å²) in [6.07, 6.45) is 1.93. The summed E-state index contributed by atoms with van der Waals surface area (Å²) >= 11 is 0. The normalized spacial score (nSPS) is 23.1. The average molecular weight is 214 g/mol. The molecule has 1 aliphatic rings. The van der Waals surface area contributed by atoms with Gasteiger partial charge in [0.15, 0.2) is 0 Å². The molecule has 1 rings (SSSR count). The molecule has 2 N–H and O–H groups in total. The summed E-state index contributed by atoms with van der Waals surface area (Å²) in [7, 11) is 1.45. The second-order valence-corrected chi connectivity index (χ2v) is 4.56. The number of ether oxygens (including phenoxy) is 1. The fourth-order valence-electron chi connectivity index (χ4n) is 1.93. The highest BCUT2D eigenvalue weighted by Gasteiger charge is 2.25. The third kappa shape index (κ3) is 4.18. The minimum absolute atomic E-state index is 0.143. The van der Waals surface area contributed by atoms with Gasteiger partial charge in [-0.1, -0.05) is 13.8 Å². The van der Waals surface area contributed by atoms with Gasteiger partial charge in [-0.25, -0.2) is 0 Å². The van der Waals surface area contributed by atoms with Crippen molar-refractivity contribution in [1.82, 2.24) is 10.6 Å². The number of carbonyl (C=O) groups is 1. The molecule has 15 heavy (non-hydrogen) atoms. The smallest absolute Gasteiger partial charge is 0.322 e. The van der Waals surface area contributed by atoms with Crippen LogP contribution in [0.4, 0.5) is 0 Å². The summed E-state index contributed by atoms with van der Waals surface area (Å²) in [4.78, 5) is 11.5. The maximum absolute atomic E-state index is 11.5. The van der Waals surface area contributed by atoms with E-state index in [-0.39, 0.29) is 12.0 Å². The third-order valence-corrected chi connectivity index (χ3v) is 2.69. The van der Waals surface area contributed by atoms with Gasteiger partial charge in [-0.05, 0) is 25.3 Å². The maximum Gasteiger partial charge on any atom is 0.322 e. The Bertz CT molecular complexity index is 201. The van der Waals surface area contributed by atoms with Gasteiger partial charge in [-0.3, -0.25) is 4.79 Å². The van der Waals surface area contributed by atoms with Gasteiger partial charge in [0.25, 0.3) is 0 Å². The summed E-state index contributed by atoms with van der Waals surface area (Å²) < 4.78 is 4.80. The first-order valence-corrected chi connectivity index (χ1v) is 5.68. The molecule has 2 unspecified atom stereocenters. The number of hydrogen-bond acceptors (Lipinski definition) is 4. The zero-order valence-electron chi connectivity index (χ0n) is 9.88. The van der Waals surface area contributed by atoms with Crippen LogP contribution in [0.25, 0.3) is 0 Å². The molecule has 0 bridgehead atoms. The average Bonchev–Trinajstić information content (AvgIpc) is 2.67. The van der Waals surface area contributed by atoms with Gasteiger partial charge < -0.3 is 15.4 Å². The van der Waals surface area contributed by atoms with E-state index in [0.717, 1.165) is 25.9 Å². The molecule has 0 aromatic carbocycles. The van der Waals surface area contributed by atoms with E-state index >= 15 is 0 Å². The zero-order chi connectivity index (χ0) is 11.3. The minimum Gasteiger partial charge on any atom is -0.468 e. The molecule has 1 saturated heterocycles. The SMILES string of the molecule is COC(=O)C(CC(C)C)NC1CCNC1. The molecular formula is C11H22N2O2. The second kappa shape index (κ2) is 6.08. The van der Waals surface area contributed by atoms with Gasteiger partial charge >= 0.3 is 5.97 Å². The highest BCUT2D eigenvalue weighted by Crippen LogP contribution is 2.09. The van der Waals surface area contributed by atoms with E-state index in [2.05, 4.69) is 24.5 Å². The first-order valence-electron chi connectivity index (χ1n) is 5.68. The molecule has 2 atom stereocenters. The van der Waals surface area contributed by atoms with Crippen molar-refractivity contribution in [2.45, 2.75) is 38.8 Å². The largest absolute Gasteiger partial charge is 0.468 e. The summed E-state index contributed by atoms with van der Waals surface area (Å²) in [5.74, 6) is 0.353. The fraction of sp³-hybridized carbons (Fsp3) is 0.909. The van der Waals surface area contributed by atoms with Crippen molar-refractivity contribution in [3.8, 4) is 0 Å². The molecular weight excluding hydrogens is 192 g/mol. The second-order valence-electron chi connectivity index (χ2n) is 4.56. The predicted octanol–water partition coefficient (Wildman–Crippen LogP) is 0.526. The van der Waals surface area contributed by atoms with E-state index in [4.69, 9.17) is 4.74 Å². The predicted molar refractivity (Wildman–Crippen MR) is 59.7 cm³/mol. The lowest BCUT2D eigenvalue weighted by molar-refractivity contribution is -0.143. The lowest BCUT2D eigenvalue weighted by Crippen LogP contribution is -2.45. The van der Waals surface area contributed by atoms with Gasteiger partial charge in [-0.15, -0.1) is 0 Å². The molecule has 88 valence electrons. The molecule has 0 saturated carbocycles. The van der Waals surface area contributed by atoms with Crippen LogP contribution in [0.2, 0.25) is 0 Å². The summed E-state index contributed by atoms with van der Waals surface area (Å²) in [6, 6.07) is 0.257. The first-order chi connectivity index (χ1) is 7.13. The van der Waals surface area contributed by atoms with E-state index in [1.807, 2.05) is 0 Å². The van der Waals surface area contributed by atoms with Crippen LogP contribution in [0.15, 0.2) is 0 Å². The van der Waals surface area contributed by atoms with Crippen LogP contribution in [-0.4, -0.2) is 38.3 Å². The van der Waals surface area contributed by atoms with Gasteiger partial charge in [-0.2, -0.15) is 0 Å². The quantitative estimate of drug-likeness (QED) is 0.655. The molecule has 0 aromatic rings. The van der Waals surface area contributed by atoms with Crippen LogP contribution in [0.5, 0.6) is 0 Å². The molecule has 1 aliphatic heterocycles. The van der Waals surface area contributed by atoms with E-state index in [1.54, 1.807) is 0 Å². The van der Waals surface area contributed by atoms with E-state index < -0.39 is 0 Å². The molecule has 0 spiro atoms. The van der Waals surface area contributed by atoms with Crippen LogP contribution in [0.3, 0.4) is 0 Å². The third-order valence-electron chi connectivity index (χ3n) is 2.69. The molecule has 0 aromatic heterocycles. The molecule has 0 radical (unpaired) electrons. The van der Waals surface area contributed by atoms with Gasteiger partial charge in [0, 0.05) is 12.6 Å². The molecule has 1 fully saturated rings. The Kier molecular flexibility index (Phi) is 5.05. The van der Waals surface area contributed by atoms with Crippen LogP contribution in [0.1, 0.15) is 26.7 Å². The lowest BCUT2D eigenvalue weighted by Gasteiger charge is -2.21. The Morgan fingerprint density at radius 3 is 2.80 bits per heavy atom. The van der Waals surface area contributed by atoms with Crippen LogP contribution in [0, 0.1) is 5.92 Å². The Morgan fingerprint density at radius 2 is 2.33 bits per heavy atom. The summed E-state index contributed by atoms with van der Waals surface area (Å²) in [6.45, 7) is 6.22. The lowest BCUT2D eigenvalue weighted by atomic mass is 10.0. The van der Waals surface area contributed by atoms with Crippen LogP contribution >= 0.6 is 0 Å². The number of methoxy groups -OCH3 is 1. The highest BCUT2D eigenvalue weighted by molar-refractivity contribution is 5.75. The fourth-order valence-corrected chi connectivity index (χ4v) is 1.93. The molecule has 4 heteroatoms. The van der Waals surface area contributed by atoms with Crippen LogP contribution in [-0.2, 0) is 9.53 Å². The monoisotopic (exact) mass is 214 g/mol. The Hall–Kier alpha value is -0.610. The number of rotatable bonds is 5. The van der Waals surface area contributed by atoms with Crippen molar-refractivity contribution in [2.75, 3.05) is 20.2 Å². The van der Waals surface area contributed by atoms with Crippen molar-refractivity contribution in [3.63, 3.8) is 0 Å². The summed E-state index contributed by atoms with van der Waals surface area (Å²) in [5.41, 5.74) is 0. The van der Waals surface area contributed by atoms with Crippen molar-refractivity contribution < 1.29 is 9.53 Å². The Morgan fingerprint density at radius 1 is 1.60 bits per heavy atom. The Balaban J connectivity index is 2.43. The Labute approximate surface area is 91.8 Å². The zero-order valence-corrected chi connectivity index (χ0v) is 9.88. The molecule has 1 heterocycles. The number of nitrogens with one attached hydrogen (secondary N) is 2. The van der Waals surface area contributed by atoms with Crippen molar-refractivity contribution in [3.05, 3.63) is 0 Å². The molecule has 0 aliphatic carbocycles. The van der Waals surface area contributed by atoms with E-state index in [1.165, 1.54) is 7.11 Å². The van der Waals surface area contributed by atoms with Gasteiger partial charge in [0.1, 0.15) is 6.04 Å². The first kappa shape index (κ1) is 12.5. The minimum atomic E-state index is -0.153. The van der Waals surface area contributed by atoms with Gasteiger partial charge in [0.05, 0.1) is 7.11 Å². The highest BCUT2D eigenvalue weighted by atomic mass is 16.5. The maximum atomic E-state index is 11.5. The van der Waals surface area contributed by atoms with Gasteiger partial charge in [0.2, 0.25) is 0 Å². The van der Waals surface area contributed by atoms with Crippen molar-refractivity contribution >= 4 is 5.97 Å².